The molecule has 0 spiro atoms. The molecule has 4 heteroatoms. The summed E-state index contributed by atoms with van der Waals surface area (Å²) in [7, 11) is 1.50. The Morgan fingerprint density at radius 2 is 2.10 bits per heavy atom. The number of ether oxygens (including phenoxy) is 1. The summed E-state index contributed by atoms with van der Waals surface area (Å²) in [5, 5.41) is 12.5. The Kier molecular flexibility index (Phi) is 7.65. The Morgan fingerprint density at radius 1 is 1.33 bits per heavy atom. The van der Waals surface area contributed by atoms with Crippen molar-refractivity contribution in [2.45, 2.75) is 58.4 Å². The van der Waals surface area contributed by atoms with Crippen molar-refractivity contribution >= 4 is 5.91 Å². The zero-order chi connectivity index (χ0) is 15.7. The summed E-state index contributed by atoms with van der Waals surface area (Å²) in [6, 6.07) is 5.19. The molecule has 1 aromatic carbocycles. The number of methoxy groups -OCH3 is 1. The first kappa shape index (κ1) is 17.3. The van der Waals surface area contributed by atoms with Crippen LogP contribution in [0.4, 0.5) is 0 Å². The lowest BCUT2D eigenvalue weighted by Gasteiger charge is -2.14. The van der Waals surface area contributed by atoms with Gasteiger partial charge < -0.3 is 15.2 Å². The molecule has 0 aliphatic rings. The van der Waals surface area contributed by atoms with Crippen LogP contribution in [0.15, 0.2) is 18.2 Å². The predicted octanol–water partition coefficient (Wildman–Crippen LogP) is 3.42. The number of phenolic OH excluding ortho intramolecular Hbond substituents is 1. The minimum atomic E-state index is 0.00531. The number of rotatable bonds is 9. The molecule has 1 atom stereocenters. The van der Waals surface area contributed by atoms with Gasteiger partial charge in [-0.3, -0.25) is 4.79 Å². The Labute approximate surface area is 127 Å². The van der Waals surface area contributed by atoms with E-state index in [0.29, 0.717) is 12.2 Å². The maximum atomic E-state index is 12.0. The van der Waals surface area contributed by atoms with Gasteiger partial charge in [-0.1, -0.05) is 38.7 Å². The highest BCUT2D eigenvalue weighted by molar-refractivity contribution is 5.79. The largest absolute Gasteiger partial charge is 0.504 e. The van der Waals surface area contributed by atoms with E-state index in [0.717, 1.165) is 18.4 Å². The van der Waals surface area contributed by atoms with Crippen LogP contribution in [0.5, 0.6) is 11.5 Å². The lowest BCUT2D eigenvalue weighted by molar-refractivity contribution is -0.121. The zero-order valence-electron chi connectivity index (χ0n) is 13.3. The van der Waals surface area contributed by atoms with Crippen LogP contribution >= 0.6 is 0 Å². The van der Waals surface area contributed by atoms with Crippen molar-refractivity contribution in [2.24, 2.45) is 0 Å². The molecule has 1 rings (SSSR count). The maximum Gasteiger partial charge on any atom is 0.224 e. The van der Waals surface area contributed by atoms with E-state index in [-0.39, 0.29) is 17.7 Å². The number of carbonyl (C=O) groups is 1. The van der Waals surface area contributed by atoms with Crippen LogP contribution in [0.3, 0.4) is 0 Å². The van der Waals surface area contributed by atoms with Crippen molar-refractivity contribution < 1.29 is 14.6 Å². The highest BCUT2D eigenvalue weighted by Gasteiger charge is 2.10. The third-order valence-electron chi connectivity index (χ3n) is 3.51. The van der Waals surface area contributed by atoms with Gasteiger partial charge in [-0.25, -0.2) is 0 Å². The van der Waals surface area contributed by atoms with Gasteiger partial charge in [0.05, 0.1) is 13.5 Å². The number of hydrogen-bond donors (Lipinski definition) is 2. The van der Waals surface area contributed by atoms with Crippen LogP contribution < -0.4 is 10.1 Å². The Balaban J connectivity index is 2.39. The summed E-state index contributed by atoms with van der Waals surface area (Å²) in [4.78, 5) is 12.0. The van der Waals surface area contributed by atoms with Gasteiger partial charge in [0.25, 0.3) is 0 Å². The molecule has 0 saturated heterocycles. The van der Waals surface area contributed by atoms with Crippen LogP contribution in [0.1, 0.15) is 51.5 Å². The van der Waals surface area contributed by atoms with Gasteiger partial charge in [0.2, 0.25) is 5.91 Å². The molecule has 118 valence electrons. The standard InChI is InChI=1S/C17H27NO3/c1-4-5-6-7-8-13(2)18-17(20)12-14-9-10-15(19)16(11-14)21-3/h9-11,13,19H,4-8,12H2,1-3H3,(H,18,20). The maximum absolute atomic E-state index is 12.0. The van der Waals surface area contributed by atoms with Gasteiger partial charge in [0, 0.05) is 6.04 Å². The summed E-state index contributed by atoms with van der Waals surface area (Å²) in [6.45, 7) is 4.23. The van der Waals surface area contributed by atoms with Crippen molar-refractivity contribution in [2.75, 3.05) is 7.11 Å². The molecule has 4 nitrogen and oxygen atoms in total. The van der Waals surface area contributed by atoms with Gasteiger partial charge in [0.1, 0.15) is 0 Å². The van der Waals surface area contributed by atoms with Gasteiger partial charge in [-0.2, -0.15) is 0 Å². The van der Waals surface area contributed by atoms with E-state index in [2.05, 4.69) is 12.2 Å². The second-order valence-corrected chi connectivity index (χ2v) is 5.50. The molecule has 21 heavy (non-hydrogen) atoms. The van der Waals surface area contributed by atoms with Crippen LogP contribution in [0.2, 0.25) is 0 Å². The van der Waals surface area contributed by atoms with Crippen molar-refractivity contribution in [3.63, 3.8) is 0 Å². The summed E-state index contributed by atoms with van der Waals surface area (Å²) in [5.74, 6) is 0.490. The van der Waals surface area contributed by atoms with E-state index in [9.17, 15) is 9.90 Å². The Morgan fingerprint density at radius 3 is 2.76 bits per heavy atom. The van der Waals surface area contributed by atoms with Gasteiger partial charge in [0.15, 0.2) is 11.5 Å². The quantitative estimate of drug-likeness (QED) is 0.686. The molecule has 0 aliphatic heterocycles. The fourth-order valence-corrected chi connectivity index (χ4v) is 2.29. The van der Waals surface area contributed by atoms with Crippen molar-refractivity contribution in [3.05, 3.63) is 23.8 Å². The lowest BCUT2D eigenvalue weighted by Crippen LogP contribution is -2.33. The van der Waals surface area contributed by atoms with E-state index < -0.39 is 0 Å². The topological polar surface area (TPSA) is 58.6 Å². The molecule has 1 unspecified atom stereocenters. The highest BCUT2D eigenvalue weighted by Crippen LogP contribution is 2.26. The molecular weight excluding hydrogens is 266 g/mol. The number of unbranched alkanes of at least 4 members (excludes halogenated alkanes) is 3. The molecule has 0 aliphatic carbocycles. The summed E-state index contributed by atoms with van der Waals surface area (Å²) in [5.41, 5.74) is 0.834. The first-order valence-corrected chi connectivity index (χ1v) is 7.72. The van der Waals surface area contributed by atoms with Crippen LogP contribution in [0, 0.1) is 0 Å². The third-order valence-corrected chi connectivity index (χ3v) is 3.51. The Bertz CT molecular complexity index is 446. The van der Waals surface area contributed by atoms with Gasteiger partial charge >= 0.3 is 0 Å². The van der Waals surface area contributed by atoms with Crippen molar-refractivity contribution in [1.82, 2.24) is 5.32 Å². The second kappa shape index (κ2) is 9.27. The molecule has 0 bridgehead atoms. The van der Waals surface area contributed by atoms with Crippen LogP contribution in [0.25, 0.3) is 0 Å². The second-order valence-electron chi connectivity index (χ2n) is 5.50. The van der Waals surface area contributed by atoms with Crippen LogP contribution in [-0.4, -0.2) is 24.2 Å². The molecule has 0 saturated carbocycles. The number of benzene rings is 1. The molecule has 1 amide bonds. The monoisotopic (exact) mass is 293 g/mol. The third kappa shape index (κ3) is 6.52. The fourth-order valence-electron chi connectivity index (χ4n) is 2.29. The summed E-state index contributed by atoms with van der Waals surface area (Å²) < 4.78 is 5.04. The molecule has 0 aromatic heterocycles. The number of phenols is 1. The summed E-state index contributed by atoms with van der Waals surface area (Å²) in [6.07, 6.45) is 6.19. The van der Waals surface area contributed by atoms with Crippen LogP contribution in [-0.2, 0) is 11.2 Å². The van der Waals surface area contributed by atoms with Gasteiger partial charge in [-0.05, 0) is 31.0 Å². The molecule has 0 heterocycles. The fraction of sp³-hybridized carbons (Fsp3) is 0.588. The first-order valence-electron chi connectivity index (χ1n) is 7.72. The highest BCUT2D eigenvalue weighted by atomic mass is 16.5. The minimum absolute atomic E-state index is 0.00531. The number of nitrogens with one attached hydrogen (secondary N) is 1. The molecular formula is C17H27NO3. The molecule has 2 N–H and O–H groups in total. The van der Waals surface area contributed by atoms with E-state index in [1.807, 2.05) is 6.92 Å². The Hall–Kier alpha value is -1.71. The lowest BCUT2D eigenvalue weighted by atomic mass is 10.1. The first-order chi connectivity index (χ1) is 10.1. The number of amides is 1. The minimum Gasteiger partial charge on any atom is -0.504 e. The number of carbonyl (C=O) groups excluding carboxylic acids is 1. The average molecular weight is 293 g/mol. The number of aromatic hydroxyl groups is 1. The van der Waals surface area contributed by atoms with E-state index >= 15 is 0 Å². The SMILES string of the molecule is CCCCCCC(C)NC(=O)Cc1ccc(O)c(OC)c1. The molecule has 0 fully saturated rings. The normalized spacial score (nSPS) is 12.0. The van der Waals surface area contributed by atoms with Crippen molar-refractivity contribution in [1.29, 1.82) is 0 Å². The molecule has 0 radical (unpaired) electrons. The smallest absolute Gasteiger partial charge is 0.224 e. The number of hydrogen-bond acceptors (Lipinski definition) is 3. The zero-order valence-corrected chi connectivity index (χ0v) is 13.3. The predicted molar refractivity (Wildman–Crippen MR) is 84.7 cm³/mol. The van der Waals surface area contributed by atoms with Crippen molar-refractivity contribution in [3.8, 4) is 11.5 Å². The van der Waals surface area contributed by atoms with E-state index in [1.165, 1.54) is 26.4 Å². The van der Waals surface area contributed by atoms with E-state index in [4.69, 9.17) is 4.74 Å². The molecule has 1 aromatic rings. The summed E-state index contributed by atoms with van der Waals surface area (Å²) >= 11 is 0. The van der Waals surface area contributed by atoms with Gasteiger partial charge in [-0.15, -0.1) is 0 Å². The van der Waals surface area contributed by atoms with E-state index in [1.54, 1.807) is 18.2 Å². The average Bonchev–Trinajstić information content (AvgIpc) is 2.45.